The number of nitrogens with one attached hydrogen (secondary N) is 2. The fourth-order valence-corrected chi connectivity index (χ4v) is 2.97. The first-order valence-electron chi connectivity index (χ1n) is 8.88. The summed E-state index contributed by atoms with van der Waals surface area (Å²) in [6.45, 7) is 1.91. The number of fused-ring (bicyclic) bond motifs is 1. The normalized spacial score (nSPS) is 11.0. The van der Waals surface area contributed by atoms with Crippen molar-refractivity contribution < 1.29 is 4.39 Å². The maximum absolute atomic E-state index is 13.8. The highest BCUT2D eigenvalue weighted by Crippen LogP contribution is 2.15. The van der Waals surface area contributed by atoms with Crippen molar-refractivity contribution in [2.45, 2.75) is 19.5 Å². The first-order valence-corrected chi connectivity index (χ1v) is 8.88. The lowest BCUT2D eigenvalue weighted by atomic mass is 10.1. The van der Waals surface area contributed by atoms with Gasteiger partial charge in [-0.05, 0) is 42.1 Å². The topological polar surface area (TPSA) is 65.1 Å². The van der Waals surface area contributed by atoms with Crippen LogP contribution in [0, 0.1) is 17.1 Å². The van der Waals surface area contributed by atoms with Crippen LogP contribution in [-0.2, 0) is 13.1 Å². The van der Waals surface area contributed by atoms with Gasteiger partial charge in [0.1, 0.15) is 5.82 Å². The maximum Gasteiger partial charge on any atom is 0.191 e. The summed E-state index contributed by atoms with van der Waals surface area (Å²) in [6.07, 6.45) is 3.03. The summed E-state index contributed by atoms with van der Waals surface area (Å²) in [6, 6.07) is 16.8. The minimum absolute atomic E-state index is 0. The molecule has 2 aromatic carbocycles. The van der Waals surface area contributed by atoms with Crippen molar-refractivity contribution in [2.24, 2.45) is 4.99 Å². The van der Waals surface area contributed by atoms with Gasteiger partial charge in [0, 0.05) is 44.0 Å². The predicted molar refractivity (Wildman–Crippen MR) is 121 cm³/mol. The molecule has 1 heterocycles. The minimum atomic E-state index is -0.337. The van der Waals surface area contributed by atoms with Gasteiger partial charge >= 0.3 is 0 Å². The van der Waals surface area contributed by atoms with Crippen LogP contribution >= 0.6 is 24.0 Å². The van der Waals surface area contributed by atoms with E-state index in [2.05, 4.69) is 44.6 Å². The Hall–Kier alpha value is -2.60. The van der Waals surface area contributed by atoms with Gasteiger partial charge in [-0.25, -0.2) is 4.39 Å². The van der Waals surface area contributed by atoms with Crippen LogP contribution in [0.5, 0.6) is 0 Å². The van der Waals surface area contributed by atoms with Crippen molar-refractivity contribution in [2.75, 3.05) is 13.6 Å². The van der Waals surface area contributed by atoms with Gasteiger partial charge in [-0.2, -0.15) is 5.26 Å². The summed E-state index contributed by atoms with van der Waals surface area (Å²) in [7, 11) is 1.68. The van der Waals surface area contributed by atoms with E-state index in [-0.39, 0.29) is 36.3 Å². The number of rotatable bonds is 6. The Morgan fingerprint density at radius 1 is 1.18 bits per heavy atom. The third-order valence-corrected chi connectivity index (χ3v) is 4.39. The summed E-state index contributed by atoms with van der Waals surface area (Å²) >= 11 is 0. The molecule has 3 aromatic rings. The van der Waals surface area contributed by atoms with Crippen LogP contribution in [0.2, 0.25) is 0 Å². The lowest BCUT2D eigenvalue weighted by Gasteiger charge is -2.13. The molecule has 0 spiro atoms. The van der Waals surface area contributed by atoms with E-state index in [1.54, 1.807) is 13.1 Å². The van der Waals surface area contributed by atoms with Gasteiger partial charge in [0.15, 0.2) is 5.96 Å². The molecule has 0 amide bonds. The first-order chi connectivity index (χ1) is 13.2. The molecular weight excluding hydrogens is 468 g/mol. The van der Waals surface area contributed by atoms with Crippen molar-refractivity contribution in [3.63, 3.8) is 0 Å². The zero-order chi connectivity index (χ0) is 19.1. The highest BCUT2D eigenvalue weighted by molar-refractivity contribution is 14.0. The molecule has 2 N–H and O–H groups in total. The highest BCUT2D eigenvalue weighted by atomic mass is 127. The first kappa shape index (κ1) is 21.7. The average molecular weight is 491 g/mol. The summed E-state index contributed by atoms with van der Waals surface area (Å²) < 4.78 is 16.1. The molecule has 3 rings (SSSR count). The zero-order valence-corrected chi connectivity index (χ0v) is 18.0. The molecule has 5 nitrogen and oxygen atoms in total. The van der Waals surface area contributed by atoms with Crippen molar-refractivity contribution in [3.05, 3.63) is 71.7 Å². The maximum atomic E-state index is 13.8. The second kappa shape index (κ2) is 10.7. The number of guanidine groups is 1. The number of halogens is 2. The molecule has 0 fully saturated rings. The quantitative estimate of drug-likeness (QED) is 0.237. The van der Waals surface area contributed by atoms with Gasteiger partial charge < -0.3 is 15.2 Å². The van der Waals surface area contributed by atoms with E-state index in [1.807, 2.05) is 18.2 Å². The van der Waals surface area contributed by atoms with E-state index >= 15 is 0 Å². The van der Waals surface area contributed by atoms with Crippen LogP contribution in [0.15, 0.2) is 59.7 Å². The van der Waals surface area contributed by atoms with Crippen molar-refractivity contribution >= 4 is 40.8 Å². The Bertz CT molecular complexity index is 990. The van der Waals surface area contributed by atoms with Crippen molar-refractivity contribution in [1.82, 2.24) is 15.2 Å². The van der Waals surface area contributed by atoms with Crippen LogP contribution in [0.4, 0.5) is 4.39 Å². The summed E-state index contributed by atoms with van der Waals surface area (Å²) in [4.78, 5) is 4.16. The second-order valence-corrected chi connectivity index (χ2v) is 6.19. The van der Waals surface area contributed by atoms with E-state index in [0.717, 1.165) is 19.5 Å². The molecule has 0 aliphatic rings. The number of hydrogen-bond donors (Lipinski definition) is 2. The molecule has 1 aromatic heterocycles. The SMILES string of the molecule is CN=C(NCCCn1ccc2ccccc21)NCc1cc(C#N)ccc1F.I. The molecule has 0 unspecified atom stereocenters. The van der Waals surface area contributed by atoms with E-state index in [4.69, 9.17) is 5.26 Å². The third kappa shape index (κ3) is 5.45. The number of aliphatic imine (C=N–C) groups is 1. The average Bonchev–Trinajstić information content (AvgIpc) is 3.11. The van der Waals surface area contributed by atoms with Crippen LogP contribution < -0.4 is 10.6 Å². The molecule has 0 aliphatic heterocycles. The largest absolute Gasteiger partial charge is 0.356 e. The molecule has 0 radical (unpaired) electrons. The predicted octanol–water partition coefficient (Wildman–Crippen LogP) is 4.03. The Labute approximate surface area is 181 Å². The van der Waals surface area contributed by atoms with Gasteiger partial charge in [0.2, 0.25) is 0 Å². The van der Waals surface area contributed by atoms with E-state index in [1.165, 1.54) is 23.0 Å². The fourth-order valence-electron chi connectivity index (χ4n) is 2.97. The number of nitrogens with zero attached hydrogens (tertiary/aromatic N) is 3. The molecular formula is C21H23FIN5. The number of hydrogen-bond acceptors (Lipinski definition) is 2. The molecule has 28 heavy (non-hydrogen) atoms. The third-order valence-electron chi connectivity index (χ3n) is 4.39. The number of aromatic nitrogens is 1. The smallest absolute Gasteiger partial charge is 0.191 e. The number of aryl methyl sites for hydroxylation is 1. The van der Waals surface area contributed by atoms with Crippen LogP contribution in [0.25, 0.3) is 10.9 Å². The van der Waals surface area contributed by atoms with E-state index < -0.39 is 0 Å². The van der Waals surface area contributed by atoms with Gasteiger partial charge in [-0.3, -0.25) is 4.99 Å². The molecule has 146 valence electrons. The molecule has 0 saturated heterocycles. The number of para-hydroxylation sites is 1. The van der Waals surface area contributed by atoms with E-state index in [0.29, 0.717) is 17.1 Å². The standard InChI is InChI=1S/C21H22FN5.HI/c1-24-21(26-15-18-13-16(14-23)7-8-19(18)22)25-10-4-11-27-12-9-17-5-2-3-6-20(17)27;/h2-3,5-9,12-13H,4,10-11,15H2,1H3,(H2,24,25,26);1H. The van der Waals surface area contributed by atoms with Crippen LogP contribution in [-0.4, -0.2) is 24.1 Å². The summed E-state index contributed by atoms with van der Waals surface area (Å²) in [5, 5.41) is 16.5. The number of benzene rings is 2. The number of nitriles is 1. The fraction of sp³-hybridized carbons (Fsp3) is 0.238. The van der Waals surface area contributed by atoms with Crippen LogP contribution in [0.1, 0.15) is 17.5 Å². The molecule has 0 bridgehead atoms. The van der Waals surface area contributed by atoms with Gasteiger partial charge in [0.05, 0.1) is 11.6 Å². The van der Waals surface area contributed by atoms with Gasteiger partial charge in [0.25, 0.3) is 0 Å². The summed E-state index contributed by atoms with van der Waals surface area (Å²) in [5.74, 6) is 0.269. The summed E-state index contributed by atoms with van der Waals surface area (Å²) in [5.41, 5.74) is 2.11. The van der Waals surface area contributed by atoms with Gasteiger partial charge in [-0.15, -0.1) is 24.0 Å². The monoisotopic (exact) mass is 491 g/mol. The Kier molecular flexibility index (Phi) is 8.26. The minimum Gasteiger partial charge on any atom is -0.356 e. The zero-order valence-electron chi connectivity index (χ0n) is 15.7. The van der Waals surface area contributed by atoms with Crippen LogP contribution in [0.3, 0.4) is 0 Å². The van der Waals surface area contributed by atoms with Gasteiger partial charge in [-0.1, -0.05) is 18.2 Å². The molecule has 7 heteroatoms. The molecule has 0 saturated carbocycles. The Balaban J connectivity index is 0.00000280. The lowest BCUT2D eigenvalue weighted by molar-refractivity contribution is 0.602. The Morgan fingerprint density at radius 2 is 2.00 bits per heavy atom. The highest BCUT2D eigenvalue weighted by Gasteiger charge is 2.05. The lowest BCUT2D eigenvalue weighted by Crippen LogP contribution is -2.37. The van der Waals surface area contributed by atoms with Crippen molar-refractivity contribution in [3.8, 4) is 6.07 Å². The molecule has 0 atom stereocenters. The van der Waals surface area contributed by atoms with Crippen molar-refractivity contribution in [1.29, 1.82) is 5.26 Å². The second-order valence-electron chi connectivity index (χ2n) is 6.19. The Morgan fingerprint density at radius 3 is 2.79 bits per heavy atom. The molecule has 0 aliphatic carbocycles. The van der Waals surface area contributed by atoms with E-state index in [9.17, 15) is 4.39 Å².